The Morgan fingerprint density at radius 2 is 0.919 bits per heavy atom. The number of carbonyl (C=O) groups is 2. The van der Waals surface area contributed by atoms with Gasteiger partial charge in [0, 0.05) is 65.6 Å². The van der Waals surface area contributed by atoms with Gasteiger partial charge in [-0.05, 0) is 176 Å². The normalized spacial score (nSPS) is 51.9. The molecule has 14 heteroatoms. The van der Waals surface area contributed by atoms with E-state index in [1.54, 1.807) is 27.7 Å². The van der Waals surface area contributed by atoms with Crippen molar-refractivity contribution in [3.05, 3.63) is 23.3 Å². The summed E-state index contributed by atoms with van der Waals surface area (Å²) in [5.41, 5.74) is -0.389. The maximum Gasteiger partial charge on any atom is 0.302 e. The van der Waals surface area contributed by atoms with Gasteiger partial charge in [-0.1, -0.05) is 51.0 Å². The van der Waals surface area contributed by atoms with Gasteiger partial charge in [0.05, 0.1) is 24.4 Å². The van der Waals surface area contributed by atoms with Gasteiger partial charge in [0.1, 0.15) is 34.6 Å². The number of hydrogen-bond donors (Lipinski definition) is 6. The highest BCUT2D eigenvalue weighted by Gasteiger charge is 2.77. The van der Waals surface area contributed by atoms with Crippen LogP contribution in [0.25, 0.3) is 0 Å². The van der Waals surface area contributed by atoms with E-state index in [2.05, 4.69) is 53.7 Å². The van der Waals surface area contributed by atoms with Gasteiger partial charge in [-0.2, -0.15) is 0 Å². The molecule has 4 saturated heterocycles. The molecule has 4 aliphatic heterocycles. The van der Waals surface area contributed by atoms with E-state index in [1.165, 1.54) is 37.8 Å². The first-order valence-corrected chi connectivity index (χ1v) is 28.7. The second-order valence-corrected chi connectivity index (χ2v) is 27.9. The summed E-state index contributed by atoms with van der Waals surface area (Å²) in [5, 5.41) is 58.6. The number of rotatable bonds is 4. The molecule has 0 aromatic rings. The molecule has 0 amide bonds. The molecular weight excluding hydrogens is 945 g/mol. The highest BCUT2D eigenvalue weighted by Crippen LogP contribution is 2.74. The number of carbonyl (C=O) groups excluding carboxylic acids is 2. The van der Waals surface area contributed by atoms with Gasteiger partial charge in [-0.3, -0.25) is 9.59 Å². The molecule has 0 unspecified atom stereocenters. The summed E-state index contributed by atoms with van der Waals surface area (Å²) < 4.78 is 37.8. The van der Waals surface area contributed by atoms with Crippen molar-refractivity contribution < 1.29 is 68.6 Å². The number of hydrogen-bond acceptors (Lipinski definition) is 14. The third-order valence-corrected chi connectivity index (χ3v) is 23.6. The zero-order chi connectivity index (χ0) is 54.4. The van der Waals surface area contributed by atoms with Crippen LogP contribution in [-0.4, -0.2) is 127 Å². The van der Waals surface area contributed by atoms with Crippen LogP contribution in [0.1, 0.15) is 186 Å². The summed E-state index contributed by atoms with van der Waals surface area (Å²) in [6.45, 7) is 23.9. The van der Waals surface area contributed by atoms with Gasteiger partial charge < -0.3 is 59.1 Å². The SMILES string of the molecule is CC(=O)O[C@@H]1CC[C@]2(C)C(=CC[C@@H]3[C@H]4C[C@H]5O[C@]6(C(C)(C)O)C[C@H](O)[C@@](C)(O6)[C@H]5[C@]4(C)CC[C@H]32)C1.CC(=O)O[C@@H]1CC[C@]2(C)C(=CC[C@@H]3[C@H]4C[C@H]5O[C@]6(C(C)(C)O)C[C@H](O)[C@@](C)(O6)[C@H]5[C@]4(C)CC[C@H]32)C1.CO.CO. The molecule has 6 N–H and O–H groups in total. The first-order valence-electron chi connectivity index (χ1n) is 28.7. The Kier molecular flexibility index (Phi) is 14.4. The minimum atomic E-state index is -1.19. The minimum absolute atomic E-state index is 0.0102. The molecule has 4 heterocycles. The van der Waals surface area contributed by atoms with E-state index in [-0.39, 0.29) is 69.9 Å². The van der Waals surface area contributed by atoms with Gasteiger partial charge in [-0.25, -0.2) is 0 Å². The summed E-state index contributed by atoms with van der Waals surface area (Å²) in [6, 6.07) is 0. The first-order chi connectivity index (χ1) is 34.5. The molecule has 0 radical (unpaired) electrons. The van der Waals surface area contributed by atoms with Gasteiger partial charge in [0.2, 0.25) is 0 Å². The van der Waals surface area contributed by atoms with Crippen LogP contribution in [0.5, 0.6) is 0 Å². The molecule has 74 heavy (non-hydrogen) atoms. The van der Waals surface area contributed by atoms with Gasteiger partial charge >= 0.3 is 11.9 Å². The average Bonchev–Trinajstić information content (AvgIpc) is 3.94. The molecule has 0 spiro atoms. The lowest BCUT2D eigenvalue weighted by Gasteiger charge is -2.59. The Morgan fingerprint density at radius 1 is 0.568 bits per heavy atom. The lowest BCUT2D eigenvalue weighted by atomic mass is 9.46. The summed E-state index contributed by atoms with van der Waals surface area (Å²) in [5.74, 6) is 1.01. The Labute approximate surface area is 442 Å². The lowest BCUT2D eigenvalue weighted by molar-refractivity contribution is -0.384. The van der Waals surface area contributed by atoms with Crippen molar-refractivity contribution >= 4 is 11.9 Å². The number of aliphatic hydroxyl groups excluding tert-OH is 4. The zero-order valence-corrected chi connectivity index (χ0v) is 47.5. The van der Waals surface area contributed by atoms with Crippen LogP contribution < -0.4 is 0 Å². The fourth-order valence-corrected chi connectivity index (χ4v) is 20.2. The van der Waals surface area contributed by atoms with E-state index in [0.717, 1.165) is 91.3 Å². The van der Waals surface area contributed by atoms with Crippen molar-refractivity contribution in [3.8, 4) is 0 Å². The van der Waals surface area contributed by atoms with Crippen molar-refractivity contribution in [2.45, 2.75) is 256 Å². The number of ether oxygens (including phenoxy) is 6. The number of esters is 2. The zero-order valence-electron chi connectivity index (χ0n) is 47.5. The fraction of sp³-hybridized carbons (Fsp3) is 0.900. The minimum Gasteiger partial charge on any atom is -0.462 e. The lowest BCUT2D eigenvalue weighted by Crippen LogP contribution is -2.63. The molecule has 0 aromatic carbocycles. The van der Waals surface area contributed by atoms with E-state index < -0.39 is 46.2 Å². The average molecular weight is 1040 g/mol. The maximum absolute atomic E-state index is 11.6. The van der Waals surface area contributed by atoms with Crippen LogP contribution in [0.3, 0.4) is 0 Å². The Balaban J connectivity index is 0.000000170. The number of aliphatic hydroxyl groups is 6. The molecule has 6 saturated carbocycles. The molecule has 12 aliphatic rings. The topological polar surface area (TPSA) is 211 Å². The van der Waals surface area contributed by atoms with E-state index in [9.17, 15) is 30.0 Å². The second-order valence-electron chi connectivity index (χ2n) is 27.9. The van der Waals surface area contributed by atoms with Crippen LogP contribution in [0.2, 0.25) is 0 Å². The maximum atomic E-state index is 11.6. The van der Waals surface area contributed by atoms with Crippen molar-refractivity contribution in [1.29, 1.82) is 0 Å². The van der Waals surface area contributed by atoms with Crippen molar-refractivity contribution in [2.24, 2.45) is 69.0 Å². The van der Waals surface area contributed by atoms with E-state index in [0.29, 0.717) is 48.3 Å². The molecule has 22 atom stereocenters. The molecule has 12 rings (SSSR count). The van der Waals surface area contributed by atoms with E-state index in [1.807, 2.05) is 0 Å². The monoisotopic (exact) mass is 1040 g/mol. The molecule has 14 nitrogen and oxygen atoms in total. The Bertz CT molecular complexity index is 2060. The van der Waals surface area contributed by atoms with Crippen LogP contribution in [0.4, 0.5) is 0 Å². The molecule has 420 valence electrons. The quantitative estimate of drug-likeness (QED) is 0.116. The number of allylic oxidation sites excluding steroid dienone is 2. The van der Waals surface area contributed by atoms with E-state index in [4.69, 9.17) is 38.6 Å². The molecular formula is C60H96O14. The van der Waals surface area contributed by atoms with Crippen LogP contribution in [0, 0.1) is 69.0 Å². The van der Waals surface area contributed by atoms with Gasteiger partial charge in [0.25, 0.3) is 0 Å². The summed E-state index contributed by atoms with van der Waals surface area (Å²) in [6.07, 6.45) is 18.8. The molecule has 10 fully saturated rings. The van der Waals surface area contributed by atoms with Gasteiger partial charge in [-0.15, -0.1) is 0 Å². The van der Waals surface area contributed by atoms with Crippen LogP contribution in [-0.2, 0) is 38.0 Å². The highest BCUT2D eigenvalue weighted by atomic mass is 16.8. The third-order valence-electron chi connectivity index (χ3n) is 23.6. The van der Waals surface area contributed by atoms with Gasteiger partial charge in [0.15, 0.2) is 11.6 Å². The Morgan fingerprint density at radius 3 is 1.24 bits per heavy atom. The van der Waals surface area contributed by atoms with E-state index >= 15 is 0 Å². The predicted molar refractivity (Wildman–Crippen MR) is 277 cm³/mol. The Hall–Kier alpha value is -1.98. The number of fused-ring (bicyclic) bond motifs is 20. The summed E-state index contributed by atoms with van der Waals surface area (Å²) in [7, 11) is 2.00. The molecule has 8 aliphatic carbocycles. The van der Waals surface area contributed by atoms with Crippen molar-refractivity contribution in [3.63, 3.8) is 0 Å². The third kappa shape index (κ3) is 8.17. The first kappa shape index (κ1) is 56.7. The predicted octanol–water partition coefficient (Wildman–Crippen LogP) is 8.24. The summed E-state index contributed by atoms with van der Waals surface area (Å²) in [4.78, 5) is 23.1. The fourth-order valence-electron chi connectivity index (χ4n) is 20.2. The smallest absolute Gasteiger partial charge is 0.302 e. The molecule has 4 bridgehead atoms. The summed E-state index contributed by atoms with van der Waals surface area (Å²) >= 11 is 0. The second kappa shape index (κ2) is 18.8. The van der Waals surface area contributed by atoms with Crippen LogP contribution >= 0.6 is 0 Å². The highest BCUT2D eigenvalue weighted by molar-refractivity contribution is 5.66. The largest absolute Gasteiger partial charge is 0.462 e. The van der Waals surface area contributed by atoms with Crippen molar-refractivity contribution in [1.82, 2.24) is 0 Å². The standard InChI is InChI=1S/2C29H44O6.2CH4O/c2*1-16(30)33-18-9-11-26(4)17(13-18)7-8-19-20(26)10-12-27(5)21(19)14-22-24(27)28(6)23(31)15-29(34-22,35-28)25(2,3)32;2*1-2/h2*7,18-24,31-32H,8-15H2,1-6H3;2*2H,1H3/t2*18-,19+,20-,21-,22-,23+,24-,26-,27-,28-,29-;;/m11../s1. The molecule has 0 aromatic heterocycles. The van der Waals surface area contributed by atoms with Crippen LogP contribution in [0.15, 0.2) is 23.3 Å². The van der Waals surface area contributed by atoms with Crippen molar-refractivity contribution in [2.75, 3.05) is 14.2 Å².